The maximum Gasteiger partial charge on any atom is 0.0845 e. The first kappa shape index (κ1) is 12.6. The summed E-state index contributed by atoms with van der Waals surface area (Å²) in [5.41, 5.74) is 1.69. The molecule has 1 atom stereocenters. The third-order valence-corrected chi connectivity index (χ3v) is 3.67. The third kappa shape index (κ3) is 3.28. The van der Waals surface area contributed by atoms with Gasteiger partial charge in [-0.3, -0.25) is 4.98 Å². The predicted octanol–water partition coefficient (Wildman–Crippen LogP) is 3.77. The number of hydrogen-bond acceptors (Lipinski definition) is 2. The van der Waals surface area contributed by atoms with Crippen LogP contribution in [0.2, 0.25) is 5.02 Å². The molecule has 0 bridgehead atoms. The SMILES string of the molecule is OC(Cc1ccccn1)c1ccc(Cl)c(Br)c1. The molecule has 0 spiro atoms. The zero-order chi connectivity index (χ0) is 12.3. The zero-order valence-electron chi connectivity index (χ0n) is 8.98. The number of pyridine rings is 1. The first-order valence-corrected chi connectivity index (χ1v) is 6.37. The van der Waals surface area contributed by atoms with Crippen molar-refractivity contribution in [3.63, 3.8) is 0 Å². The largest absolute Gasteiger partial charge is 0.388 e. The molecular formula is C13H11BrClNO. The molecule has 0 radical (unpaired) electrons. The maximum atomic E-state index is 10.1. The summed E-state index contributed by atoms with van der Waals surface area (Å²) in [7, 11) is 0. The number of aliphatic hydroxyl groups is 1. The minimum atomic E-state index is -0.571. The standard InChI is InChI=1S/C13H11BrClNO/c14-11-7-9(4-5-12(11)15)13(17)8-10-3-1-2-6-16-10/h1-7,13,17H,8H2. The topological polar surface area (TPSA) is 33.1 Å². The minimum Gasteiger partial charge on any atom is -0.388 e. The molecule has 88 valence electrons. The second kappa shape index (κ2) is 5.63. The van der Waals surface area contributed by atoms with E-state index < -0.39 is 6.10 Å². The van der Waals surface area contributed by atoms with E-state index in [1.807, 2.05) is 30.3 Å². The van der Waals surface area contributed by atoms with Gasteiger partial charge in [0, 0.05) is 22.8 Å². The first-order valence-electron chi connectivity index (χ1n) is 5.20. The van der Waals surface area contributed by atoms with Crippen molar-refractivity contribution in [1.29, 1.82) is 0 Å². The number of aliphatic hydroxyl groups excluding tert-OH is 1. The number of halogens is 2. The number of nitrogens with zero attached hydrogens (tertiary/aromatic N) is 1. The van der Waals surface area contributed by atoms with Gasteiger partial charge in [0.05, 0.1) is 11.1 Å². The molecule has 1 unspecified atom stereocenters. The minimum absolute atomic E-state index is 0.495. The number of hydrogen-bond donors (Lipinski definition) is 1. The van der Waals surface area contributed by atoms with Gasteiger partial charge in [0.25, 0.3) is 0 Å². The van der Waals surface area contributed by atoms with Crippen molar-refractivity contribution in [3.8, 4) is 0 Å². The molecule has 0 amide bonds. The van der Waals surface area contributed by atoms with E-state index in [-0.39, 0.29) is 0 Å². The summed E-state index contributed by atoms with van der Waals surface area (Å²) in [4.78, 5) is 4.19. The lowest BCUT2D eigenvalue weighted by Gasteiger charge is -2.11. The van der Waals surface area contributed by atoms with E-state index in [0.717, 1.165) is 15.7 Å². The summed E-state index contributed by atoms with van der Waals surface area (Å²) in [6, 6.07) is 11.1. The van der Waals surface area contributed by atoms with Gasteiger partial charge >= 0.3 is 0 Å². The summed E-state index contributed by atoms with van der Waals surface area (Å²) in [5, 5.41) is 10.7. The molecule has 1 heterocycles. The van der Waals surface area contributed by atoms with Crippen LogP contribution in [-0.4, -0.2) is 10.1 Å². The second-order valence-corrected chi connectivity index (χ2v) is 4.98. The highest BCUT2D eigenvalue weighted by molar-refractivity contribution is 9.10. The van der Waals surface area contributed by atoms with E-state index >= 15 is 0 Å². The lowest BCUT2D eigenvalue weighted by Crippen LogP contribution is -2.03. The summed E-state index contributed by atoms with van der Waals surface area (Å²) >= 11 is 9.25. The molecular weight excluding hydrogens is 302 g/mol. The van der Waals surface area contributed by atoms with E-state index in [1.54, 1.807) is 12.3 Å². The van der Waals surface area contributed by atoms with Crippen LogP contribution < -0.4 is 0 Å². The highest BCUT2D eigenvalue weighted by Crippen LogP contribution is 2.27. The van der Waals surface area contributed by atoms with Crippen molar-refractivity contribution in [2.45, 2.75) is 12.5 Å². The normalized spacial score (nSPS) is 12.4. The molecule has 0 saturated carbocycles. The Morgan fingerprint density at radius 3 is 2.76 bits per heavy atom. The van der Waals surface area contributed by atoms with Crippen molar-refractivity contribution in [1.82, 2.24) is 4.98 Å². The first-order chi connectivity index (χ1) is 8.16. The van der Waals surface area contributed by atoms with Crippen LogP contribution in [0.4, 0.5) is 0 Å². The Hall–Kier alpha value is -0.900. The second-order valence-electron chi connectivity index (χ2n) is 3.71. The third-order valence-electron chi connectivity index (χ3n) is 2.46. The van der Waals surface area contributed by atoms with Gasteiger partial charge in [-0.2, -0.15) is 0 Å². The van der Waals surface area contributed by atoms with Crippen LogP contribution in [0.1, 0.15) is 17.4 Å². The monoisotopic (exact) mass is 311 g/mol. The average Bonchev–Trinajstić information content (AvgIpc) is 2.34. The van der Waals surface area contributed by atoms with Crippen molar-refractivity contribution >= 4 is 27.5 Å². The lowest BCUT2D eigenvalue weighted by molar-refractivity contribution is 0.177. The Balaban J connectivity index is 2.14. The molecule has 4 heteroatoms. The van der Waals surface area contributed by atoms with E-state index in [4.69, 9.17) is 11.6 Å². The molecule has 17 heavy (non-hydrogen) atoms. The molecule has 0 fully saturated rings. The van der Waals surface area contributed by atoms with Crippen LogP contribution in [0.5, 0.6) is 0 Å². The fraction of sp³-hybridized carbons (Fsp3) is 0.154. The molecule has 0 aliphatic carbocycles. The molecule has 1 aromatic heterocycles. The summed E-state index contributed by atoms with van der Waals surface area (Å²) in [6.07, 6.45) is 1.65. The molecule has 2 rings (SSSR count). The van der Waals surface area contributed by atoms with Gasteiger partial charge < -0.3 is 5.11 Å². The molecule has 1 N–H and O–H groups in total. The molecule has 0 aliphatic rings. The Bertz CT molecular complexity index is 504. The van der Waals surface area contributed by atoms with Crippen LogP contribution in [0, 0.1) is 0 Å². The quantitative estimate of drug-likeness (QED) is 0.936. The van der Waals surface area contributed by atoms with E-state index in [2.05, 4.69) is 20.9 Å². The average molecular weight is 313 g/mol. The predicted molar refractivity (Wildman–Crippen MR) is 72.1 cm³/mol. The molecule has 0 saturated heterocycles. The number of benzene rings is 1. The molecule has 1 aromatic carbocycles. The summed E-state index contributed by atoms with van der Waals surface area (Å²) in [6.45, 7) is 0. The van der Waals surface area contributed by atoms with E-state index in [1.165, 1.54) is 0 Å². The van der Waals surface area contributed by atoms with Gasteiger partial charge in [-0.25, -0.2) is 0 Å². The van der Waals surface area contributed by atoms with Gasteiger partial charge in [-0.1, -0.05) is 23.7 Å². The van der Waals surface area contributed by atoms with Crippen LogP contribution in [0.3, 0.4) is 0 Å². The van der Waals surface area contributed by atoms with Crippen LogP contribution in [0.25, 0.3) is 0 Å². The van der Waals surface area contributed by atoms with E-state index in [0.29, 0.717) is 11.4 Å². The van der Waals surface area contributed by atoms with Crippen molar-refractivity contribution in [3.05, 3.63) is 63.3 Å². The Morgan fingerprint density at radius 1 is 1.29 bits per heavy atom. The number of aromatic nitrogens is 1. The Morgan fingerprint density at radius 2 is 2.12 bits per heavy atom. The number of rotatable bonds is 3. The highest BCUT2D eigenvalue weighted by atomic mass is 79.9. The molecule has 2 nitrogen and oxygen atoms in total. The van der Waals surface area contributed by atoms with Crippen molar-refractivity contribution < 1.29 is 5.11 Å². The van der Waals surface area contributed by atoms with Gasteiger partial charge in [-0.15, -0.1) is 0 Å². The maximum absolute atomic E-state index is 10.1. The van der Waals surface area contributed by atoms with Crippen LogP contribution in [0.15, 0.2) is 47.1 Å². The van der Waals surface area contributed by atoms with Crippen molar-refractivity contribution in [2.24, 2.45) is 0 Å². The van der Waals surface area contributed by atoms with Gasteiger partial charge in [0.2, 0.25) is 0 Å². The fourth-order valence-corrected chi connectivity index (χ4v) is 2.07. The smallest absolute Gasteiger partial charge is 0.0845 e. The fourth-order valence-electron chi connectivity index (χ4n) is 1.55. The lowest BCUT2D eigenvalue weighted by atomic mass is 10.0. The van der Waals surface area contributed by atoms with Crippen LogP contribution >= 0.6 is 27.5 Å². The van der Waals surface area contributed by atoms with Gasteiger partial charge in [0.1, 0.15) is 0 Å². The van der Waals surface area contributed by atoms with Crippen LogP contribution in [-0.2, 0) is 6.42 Å². The Labute approximate surface area is 113 Å². The van der Waals surface area contributed by atoms with Crippen molar-refractivity contribution in [2.75, 3.05) is 0 Å². The summed E-state index contributed by atoms with van der Waals surface area (Å²) in [5.74, 6) is 0. The molecule has 0 aliphatic heterocycles. The van der Waals surface area contributed by atoms with E-state index in [9.17, 15) is 5.11 Å². The van der Waals surface area contributed by atoms with Gasteiger partial charge in [-0.05, 0) is 45.8 Å². The zero-order valence-corrected chi connectivity index (χ0v) is 11.3. The summed E-state index contributed by atoms with van der Waals surface area (Å²) < 4.78 is 0.789. The van der Waals surface area contributed by atoms with Gasteiger partial charge in [0.15, 0.2) is 0 Å². The Kier molecular flexibility index (Phi) is 4.15. The highest BCUT2D eigenvalue weighted by Gasteiger charge is 2.10. The molecule has 2 aromatic rings.